The number of hydrogen-bond donors (Lipinski definition) is 1. The molecule has 1 fully saturated rings. The highest BCUT2D eigenvalue weighted by Crippen LogP contribution is 2.25. The van der Waals surface area contributed by atoms with Gasteiger partial charge in [0.05, 0.1) is 13.5 Å². The topological polar surface area (TPSA) is 67.9 Å². The van der Waals surface area contributed by atoms with Crippen LogP contribution in [-0.2, 0) is 20.7 Å². The summed E-state index contributed by atoms with van der Waals surface area (Å²) >= 11 is 0. The Morgan fingerprint density at radius 1 is 1.11 bits per heavy atom. The Bertz CT molecular complexity index is 844. The van der Waals surface area contributed by atoms with E-state index in [1.54, 1.807) is 19.2 Å². The monoisotopic (exact) mass is 382 g/mol. The van der Waals surface area contributed by atoms with Crippen molar-refractivity contribution in [3.05, 3.63) is 53.6 Å². The van der Waals surface area contributed by atoms with Crippen molar-refractivity contribution in [2.45, 2.75) is 26.2 Å². The summed E-state index contributed by atoms with van der Waals surface area (Å²) in [6.07, 6.45) is 2.50. The first-order valence-electron chi connectivity index (χ1n) is 9.50. The van der Waals surface area contributed by atoms with Crippen LogP contribution in [0.4, 0.5) is 11.4 Å². The number of para-hydroxylation sites is 1. The quantitative estimate of drug-likeness (QED) is 0.744. The molecule has 148 valence electrons. The molecule has 0 bridgehead atoms. The molecule has 1 saturated heterocycles. The Labute approximate surface area is 165 Å². The van der Waals surface area contributed by atoms with Crippen LogP contribution in [0.1, 0.15) is 24.0 Å². The number of nitrogens with one attached hydrogen (secondary N) is 1. The second-order valence-electron chi connectivity index (χ2n) is 6.89. The van der Waals surface area contributed by atoms with Crippen LogP contribution in [-0.4, -0.2) is 38.7 Å². The van der Waals surface area contributed by atoms with E-state index in [-0.39, 0.29) is 18.9 Å². The molecule has 1 heterocycles. The molecule has 3 rings (SSSR count). The van der Waals surface area contributed by atoms with Gasteiger partial charge in [-0.3, -0.25) is 9.59 Å². The molecule has 6 heteroatoms. The van der Waals surface area contributed by atoms with Crippen LogP contribution >= 0.6 is 0 Å². The maximum atomic E-state index is 12.2. The molecule has 0 spiro atoms. The van der Waals surface area contributed by atoms with Crippen molar-refractivity contribution >= 4 is 23.3 Å². The normalized spacial score (nSPS) is 13.3. The average Bonchev–Trinajstić information content (AvgIpc) is 3.23. The van der Waals surface area contributed by atoms with E-state index in [4.69, 9.17) is 9.47 Å². The van der Waals surface area contributed by atoms with Crippen LogP contribution in [0.15, 0.2) is 42.5 Å². The van der Waals surface area contributed by atoms with E-state index in [2.05, 4.69) is 16.3 Å². The molecule has 1 aliphatic heterocycles. The van der Waals surface area contributed by atoms with Crippen molar-refractivity contribution in [2.24, 2.45) is 0 Å². The summed E-state index contributed by atoms with van der Waals surface area (Å²) in [5, 5.41) is 2.81. The van der Waals surface area contributed by atoms with Crippen molar-refractivity contribution in [1.29, 1.82) is 0 Å². The first kappa shape index (κ1) is 19.7. The minimum absolute atomic E-state index is 0.0564. The second-order valence-corrected chi connectivity index (χ2v) is 6.89. The van der Waals surface area contributed by atoms with Gasteiger partial charge in [0.1, 0.15) is 5.75 Å². The number of amides is 1. The predicted molar refractivity (Wildman–Crippen MR) is 109 cm³/mol. The molecule has 1 amide bonds. The summed E-state index contributed by atoms with van der Waals surface area (Å²) in [5.41, 5.74) is 3.62. The number of benzene rings is 2. The molecular weight excluding hydrogens is 356 g/mol. The summed E-state index contributed by atoms with van der Waals surface area (Å²) in [4.78, 5) is 26.5. The van der Waals surface area contributed by atoms with Crippen LogP contribution in [0.25, 0.3) is 0 Å². The predicted octanol–water partition coefficient (Wildman–Crippen LogP) is 3.33. The van der Waals surface area contributed by atoms with Crippen LogP contribution in [0.3, 0.4) is 0 Å². The van der Waals surface area contributed by atoms with E-state index in [1.165, 1.54) is 18.5 Å². The van der Waals surface area contributed by atoms with Gasteiger partial charge in [-0.15, -0.1) is 0 Å². The van der Waals surface area contributed by atoms with E-state index in [0.717, 1.165) is 29.9 Å². The number of carbonyl (C=O) groups excluding carboxylic acids is 2. The number of nitrogens with zero attached hydrogens (tertiary/aromatic N) is 1. The summed E-state index contributed by atoms with van der Waals surface area (Å²) in [6.45, 7) is 3.80. The smallest absolute Gasteiger partial charge is 0.310 e. The number of ether oxygens (including phenoxy) is 2. The summed E-state index contributed by atoms with van der Waals surface area (Å²) < 4.78 is 10.3. The lowest BCUT2D eigenvalue weighted by Gasteiger charge is -2.19. The van der Waals surface area contributed by atoms with Gasteiger partial charge in [-0.2, -0.15) is 0 Å². The van der Waals surface area contributed by atoms with Crippen molar-refractivity contribution in [1.82, 2.24) is 0 Å². The highest BCUT2D eigenvalue weighted by molar-refractivity contribution is 5.93. The Hall–Kier alpha value is -3.02. The number of esters is 1. The zero-order valence-electron chi connectivity index (χ0n) is 16.4. The first-order valence-corrected chi connectivity index (χ1v) is 9.50. The SMILES string of the molecule is COc1ccccc1CC(=O)OCC(=O)Nc1ccc(N2CCCC2)cc1C. The van der Waals surface area contributed by atoms with Crippen molar-refractivity contribution in [2.75, 3.05) is 37.0 Å². The van der Waals surface area contributed by atoms with E-state index in [0.29, 0.717) is 5.75 Å². The molecule has 0 saturated carbocycles. The van der Waals surface area contributed by atoms with Gasteiger partial charge in [0.25, 0.3) is 5.91 Å². The number of aryl methyl sites for hydroxylation is 1. The molecule has 0 aliphatic carbocycles. The highest BCUT2D eigenvalue weighted by Gasteiger charge is 2.15. The maximum absolute atomic E-state index is 12.2. The second kappa shape index (κ2) is 9.26. The molecule has 2 aromatic rings. The van der Waals surface area contributed by atoms with Gasteiger partial charge in [-0.05, 0) is 49.6 Å². The Kier molecular flexibility index (Phi) is 6.53. The van der Waals surface area contributed by atoms with Crippen LogP contribution in [0.2, 0.25) is 0 Å². The Morgan fingerprint density at radius 3 is 2.57 bits per heavy atom. The molecule has 2 aromatic carbocycles. The third-order valence-electron chi connectivity index (χ3n) is 4.85. The van der Waals surface area contributed by atoms with Gasteiger partial charge in [-0.1, -0.05) is 18.2 Å². The van der Waals surface area contributed by atoms with E-state index in [9.17, 15) is 9.59 Å². The minimum Gasteiger partial charge on any atom is -0.496 e. The number of anilines is 2. The lowest BCUT2D eigenvalue weighted by molar-refractivity contribution is -0.146. The number of carbonyl (C=O) groups is 2. The lowest BCUT2D eigenvalue weighted by atomic mass is 10.1. The molecule has 0 radical (unpaired) electrons. The standard InChI is InChI=1S/C22H26N2O4/c1-16-13-18(24-11-5-6-12-24)9-10-19(16)23-21(25)15-28-22(26)14-17-7-3-4-8-20(17)27-2/h3-4,7-10,13H,5-6,11-12,14-15H2,1-2H3,(H,23,25). The fourth-order valence-electron chi connectivity index (χ4n) is 3.35. The Balaban J connectivity index is 1.50. The minimum atomic E-state index is -0.472. The summed E-state index contributed by atoms with van der Waals surface area (Å²) in [5.74, 6) is -0.205. The van der Waals surface area contributed by atoms with E-state index in [1.807, 2.05) is 31.2 Å². The molecular formula is C22H26N2O4. The third-order valence-corrected chi connectivity index (χ3v) is 4.85. The maximum Gasteiger partial charge on any atom is 0.310 e. The zero-order valence-corrected chi connectivity index (χ0v) is 16.4. The van der Waals surface area contributed by atoms with Crippen molar-refractivity contribution in [3.8, 4) is 5.75 Å². The molecule has 28 heavy (non-hydrogen) atoms. The molecule has 6 nitrogen and oxygen atoms in total. The van der Waals surface area contributed by atoms with E-state index < -0.39 is 5.97 Å². The highest BCUT2D eigenvalue weighted by atomic mass is 16.5. The molecule has 0 aromatic heterocycles. The van der Waals surface area contributed by atoms with Gasteiger partial charge in [0.15, 0.2) is 6.61 Å². The van der Waals surface area contributed by atoms with Crippen LogP contribution < -0.4 is 15.0 Å². The fourth-order valence-corrected chi connectivity index (χ4v) is 3.35. The van der Waals surface area contributed by atoms with Gasteiger partial charge in [0.2, 0.25) is 0 Å². The largest absolute Gasteiger partial charge is 0.496 e. The molecule has 0 unspecified atom stereocenters. The van der Waals surface area contributed by atoms with Crippen LogP contribution in [0.5, 0.6) is 5.75 Å². The van der Waals surface area contributed by atoms with Gasteiger partial charge < -0.3 is 19.7 Å². The van der Waals surface area contributed by atoms with Gasteiger partial charge in [-0.25, -0.2) is 0 Å². The number of hydrogen-bond acceptors (Lipinski definition) is 5. The number of methoxy groups -OCH3 is 1. The van der Waals surface area contributed by atoms with Crippen molar-refractivity contribution in [3.63, 3.8) is 0 Å². The van der Waals surface area contributed by atoms with Gasteiger partial charge in [0, 0.05) is 30.0 Å². The zero-order chi connectivity index (χ0) is 19.9. The van der Waals surface area contributed by atoms with E-state index >= 15 is 0 Å². The molecule has 0 atom stereocenters. The molecule has 1 N–H and O–H groups in total. The van der Waals surface area contributed by atoms with Crippen LogP contribution in [0, 0.1) is 6.92 Å². The Morgan fingerprint density at radius 2 is 1.86 bits per heavy atom. The average molecular weight is 382 g/mol. The molecule has 1 aliphatic rings. The summed E-state index contributed by atoms with van der Waals surface area (Å²) in [6, 6.07) is 13.2. The third kappa shape index (κ3) is 5.03. The summed E-state index contributed by atoms with van der Waals surface area (Å²) in [7, 11) is 1.55. The number of rotatable bonds is 7. The van der Waals surface area contributed by atoms with Gasteiger partial charge >= 0.3 is 5.97 Å². The first-order chi connectivity index (χ1) is 13.6. The lowest BCUT2D eigenvalue weighted by Crippen LogP contribution is -2.22. The van der Waals surface area contributed by atoms with Crippen molar-refractivity contribution < 1.29 is 19.1 Å². The fraction of sp³-hybridized carbons (Fsp3) is 0.364.